The van der Waals surface area contributed by atoms with Gasteiger partial charge in [0.05, 0.1) is 5.25 Å². The van der Waals surface area contributed by atoms with E-state index < -0.39 is 0 Å². The lowest BCUT2D eigenvalue weighted by molar-refractivity contribution is -0.115. The van der Waals surface area contributed by atoms with Crippen molar-refractivity contribution in [1.82, 2.24) is 14.7 Å². The summed E-state index contributed by atoms with van der Waals surface area (Å²) in [7, 11) is 0. The molecule has 0 bridgehead atoms. The van der Waals surface area contributed by atoms with E-state index in [1.165, 1.54) is 11.8 Å². The van der Waals surface area contributed by atoms with Crippen LogP contribution in [0.4, 0.5) is 5.82 Å². The molecular formula is C17H17BrN4O2S. The van der Waals surface area contributed by atoms with E-state index in [0.717, 1.165) is 15.3 Å². The number of hydrogen-bond donors (Lipinski definition) is 1. The van der Waals surface area contributed by atoms with E-state index in [4.69, 9.17) is 4.52 Å². The second-order valence-corrected chi connectivity index (χ2v) is 7.47. The average molecular weight is 421 g/mol. The fraction of sp³-hybridized carbons (Fsp3) is 0.235. The Kier molecular flexibility index (Phi) is 5.60. The Morgan fingerprint density at radius 3 is 2.80 bits per heavy atom. The van der Waals surface area contributed by atoms with Crippen LogP contribution >= 0.6 is 27.7 Å². The molecule has 0 saturated heterocycles. The maximum absolute atomic E-state index is 12.5. The smallest absolute Gasteiger partial charge is 0.239 e. The van der Waals surface area contributed by atoms with Crippen molar-refractivity contribution < 1.29 is 9.32 Å². The van der Waals surface area contributed by atoms with Gasteiger partial charge in [-0.2, -0.15) is 0 Å². The zero-order valence-corrected chi connectivity index (χ0v) is 16.2. The van der Waals surface area contributed by atoms with E-state index in [9.17, 15) is 4.79 Å². The molecule has 1 amide bonds. The van der Waals surface area contributed by atoms with Gasteiger partial charge in [0.15, 0.2) is 11.0 Å². The fourth-order valence-electron chi connectivity index (χ4n) is 2.26. The van der Waals surface area contributed by atoms with E-state index in [1.54, 1.807) is 19.2 Å². The lowest BCUT2D eigenvalue weighted by Gasteiger charge is -2.14. The van der Waals surface area contributed by atoms with Crippen LogP contribution in [0.3, 0.4) is 0 Å². The summed E-state index contributed by atoms with van der Waals surface area (Å²) in [6.07, 6.45) is 4.29. The highest BCUT2D eigenvalue weighted by Gasteiger charge is 2.21. The zero-order chi connectivity index (χ0) is 17.8. The molecule has 0 aliphatic heterocycles. The maximum atomic E-state index is 12.5. The first-order valence-corrected chi connectivity index (χ1v) is 9.44. The molecule has 1 unspecified atom stereocenters. The van der Waals surface area contributed by atoms with Crippen LogP contribution in [-0.2, 0) is 4.79 Å². The second-order valence-electron chi connectivity index (χ2n) is 5.38. The molecule has 0 aliphatic carbocycles. The molecule has 0 fully saturated rings. The molecule has 0 aliphatic rings. The first-order valence-electron chi connectivity index (χ1n) is 7.77. The molecule has 2 aromatic heterocycles. The molecular weight excluding hydrogens is 404 g/mol. The Morgan fingerprint density at radius 1 is 1.40 bits per heavy atom. The lowest BCUT2D eigenvalue weighted by Crippen LogP contribution is -2.25. The van der Waals surface area contributed by atoms with E-state index >= 15 is 0 Å². The van der Waals surface area contributed by atoms with Crippen LogP contribution in [-0.4, -0.2) is 25.9 Å². The van der Waals surface area contributed by atoms with Crippen LogP contribution in [0.15, 0.2) is 56.9 Å². The molecule has 0 spiro atoms. The fourth-order valence-corrected chi connectivity index (χ4v) is 3.51. The Morgan fingerprint density at radius 2 is 2.16 bits per heavy atom. The van der Waals surface area contributed by atoms with Crippen molar-refractivity contribution in [3.05, 3.63) is 53.0 Å². The van der Waals surface area contributed by atoms with Crippen LogP contribution in [0.2, 0.25) is 0 Å². The minimum atomic E-state index is -0.284. The highest BCUT2D eigenvalue weighted by molar-refractivity contribution is 9.10. The molecule has 0 radical (unpaired) electrons. The number of halogens is 1. The number of rotatable bonds is 6. The molecule has 3 rings (SSSR count). The highest BCUT2D eigenvalue weighted by Crippen LogP contribution is 2.28. The standard InChI is InChI=1S/C17H17BrN4O2S/c1-3-14(16(23)20-15-10-11(2)24-21-15)25-17-19-8-9-22(17)13-6-4-12(18)5-7-13/h4-10,14H,3H2,1-2H3,(H,20,21,23). The van der Waals surface area contributed by atoms with Gasteiger partial charge in [0.25, 0.3) is 0 Å². The molecule has 130 valence electrons. The molecule has 0 saturated carbocycles. The molecule has 8 heteroatoms. The quantitative estimate of drug-likeness (QED) is 0.596. The Bertz CT molecular complexity index is 860. The van der Waals surface area contributed by atoms with E-state index in [0.29, 0.717) is 18.0 Å². The highest BCUT2D eigenvalue weighted by atomic mass is 79.9. The Labute approximate surface area is 158 Å². The molecule has 1 N–H and O–H groups in total. The van der Waals surface area contributed by atoms with Crippen LogP contribution in [0.25, 0.3) is 5.69 Å². The van der Waals surface area contributed by atoms with E-state index in [1.807, 2.05) is 42.0 Å². The number of hydrogen-bond acceptors (Lipinski definition) is 5. The van der Waals surface area contributed by atoms with Crippen molar-refractivity contribution in [2.24, 2.45) is 0 Å². The molecule has 1 aromatic carbocycles. The molecule has 25 heavy (non-hydrogen) atoms. The normalized spacial score (nSPS) is 12.1. The molecule has 3 aromatic rings. The topological polar surface area (TPSA) is 73.0 Å². The van der Waals surface area contributed by atoms with Crippen LogP contribution in [0.5, 0.6) is 0 Å². The first-order chi connectivity index (χ1) is 12.1. The largest absolute Gasteiger partial charge is 0.360 e. The van der Waals surface area contributed by atoms with Crippen LogP contribution < -0.4 is 5.32 Å². The van der Waals surface area contributed by atoms with Gasteiger partial charge in [-0.15, -0.1) is 0 Å². The van der Waals surface area contributed by atoms with Gasteiger partial charge in [-0.05, 0) is 37.6 Å². The van der Waals surface area contributed by atoms with Gasteiger partial charge in [0.1, 0.15) is 5.76 Å². The Balaban J connectivity index is 1.75. The number of thioether (sulfide) groups is 1. The number of aryl methyl sites for hydroxylation is 1. The van der Waals surface area contributed by atoms with Gasteiger partial charge < -0.3 is 9.84 Å². The number of nitrogens with one attached hydrogen (secondary N) is 1. The number of amides is 1. The lowest BCUT2D eigenvalue weighted by atomic mass is 10.3. The van der Waals surface area contributed by atoms with Crippen LogP contribution in [0, 0.1) is 6.92 Å². The number of aromatic nitrogens is 3. The molecule has 2 heterocycles. The summed E-state index contributed by atoms with van der Waals surface area (Å²) in [6, 6.07) is 9.63. The molecule has 1 atom stereocenters. The number of imidazole rings is 1. The van der Waals surface area contributed by atoms with Gasteiger partial charge in [-0.25, -0.2) is 4.98 Å². The number of benzene rings is 1. The third-order valence-electron chi connectivity index (χ3n) is 3.50. The SMILES string of the molecule is CCC(Sc1nccn1-c1ccc(Br)cc1)C(=O)Nc1cc(C)on1. The monoisotopic (exact) mass is 420 g/mol. The van der Waals surface area contributed by atoms with Crippen molar-refractivity contribution in [1.29, 1.82) is 0 Å². The van der Waals surface area contributed by atoms with Gasteiger partial charge >= 0.3 is 0 Å². The minimum Gasteiger partial charge on any atom is -0.360 e. The van der Waals surface area contributed by atoms with Crippen molar-refractivity contribution in [2.75, 3.05) is 5.32 Å². The summed E-state index contributed by atoms with van der Waals surface area (Å²) in [6.45, 7) is 3.75. The van der Waals surface area contributed by atoms with E-state index in [2.05, 4.69) is 31.4 Å². The summed E-state index contributed by atoms with van der Waals surface area (Å²) < 4.78 is 7.96. The second kappa shape index (κ2) is 7.88. The van der Waals surface area contributed by atoms with Crippen molar-refractivity contribution in [3.63, 3.8) is 0 Å². The van der Waals surface area contributed by atoms with Gasteiger partial charge in [0, 0.05) is 28.6 Å². The Hall–Kier alpha value is -2.06. The van der Waals surface area contributed by atoms with Crippen molar-refractivity contribution >= 4 is 39.4 Å². The summed E-state index contributed by atoms with van der Waals surface area (Å²) >= 11 is 4.86. The summed E-state index contributed by atoms with van der Waals surface area (Å²) in [5, 5.41) is 7.07. The summed E-state index contributed by atoms with van der Waals surface area (Å²) in [5.74, 6) is 0.964. The van der Waals surface area contributed by atoms with Gasteiger partial charge in [-0.1, -0.05) is 39.8 Å². The maximum Gasteiger partial charge on any atom is 0.239 e. The van der Waals surface area contributed by atoms with E-state index in [-0.39, 0.29) is 11.2 Å². The van der Waals surface area contributed by atoms with Crippen LogP contribution in [0.1, 0.15) is 19.1 Å². The zero-order valence-electron chi connectivity index (χ0n) is 13.8. The van der Waals surface area contributed by atoms with Crippen molar-refractivity contribution in [2.45, 2.75) is 30.7 Å². The number of carbonyl (C=O) groups excluding carboxylic acids is 1. The third kappa shape index (κ3) is 4.32. The number of anilines is 1. The number of nitrogens with zero attached hydrogens (tertiary/aromatic N) is 3. The third-order valence-corrected chi connectivity index (χ3v) is 5.38. The number of carbonyl (C=O) groups is 1. The molecule has 6 nitrogen and oxygen atoms in total. The van der Waals surface area contributed by atoms with Gasteiger partial charge in [0.2, 0.25) is 5.91 Å². The van der Waals surface area contributed by atoms with Gasteiger partial charge in [-0.3, -0.25) is 9.36 Å². The predicted molar refractivity (Wildman–Crippen MR) is 101 cm³/mol. The predicted octanol–water partition coefficient (Wildman–Crippen LogP) is 4.44. The average Bonchev–Trinajstić information content (AvgIpc) is 3.22. The van der Waals surface area contributed by atoms with Crippen molar-refractivity contribution in [3.8, 4) is 5.69 Å². The minimum absolute atomic E-state index is 0.119. The summed E-state index contributed by atoms with van der Waals surface area (Å²) in [5.41, 5.74) is 0.991. The summed E-state index contributed by atoms with van der Waals surface area (Å²) in [4.78, 5) is 16.9. The first kappa shape index (κ1) is 17.8.